The molecule has 1 amide bonds. The van der Waals surface area contributed by atoms with Crippen molar-refractivity contribution in [2.24, 2.45) is 11.1 Å². The van der Waals surface area contributed by atoms with Crippen molar-refractivity contribution in [1.82, 2.24) is 4.90 Å². The zero-order valence-electron chi connectivity index (χ0n) is 11.0. The minimum Gasteiger partial charge on any atom is -0.394 e. The van der Waals surface area contributed by atoms with Gasteiger partial charge in [0.15, 0.2) is 0 Å². The minimum atomic E-state index is -0.784. The third kappa shape index (κ3) is 3.63. The van der Waals surface area contributed by atoms with E-state index in [-0.39, 0.29) is 23.6 Å². The molecule has 3 N–H and O–H groups in total. The summed E-state index contributed by atoms with van der Waals surface area (Å²) in [6, 6.07) is 0. The maximum atomic E-state index is 12.3. The Balaban J connectivity index is 2.48. The molecule has 6 heteroatoms. The number of piperidine rings is 1. The Morgan fingerprint density at radius 3 is 2.50 bits per heavy atom. The lowest BCUT2D eigenvalue weighted by molar-refractivity contribution is -0.139. The second-order valence-corrected chi connectivity index (χ2v) is 5.52. The van der Waals surface area contributed by atoms with Gasteiger partial charge in [-0.1, -0.05) is 12.2 Å². The van der Waals surface area contributed by atoms with Gasteiger partial charge < -0.3 is 20.5 Å². The van der Waals surface area contributed by atoms with Crippen LogP contribution in [0.15, 0.2) is 0 Å². The first kappa shape index (κ1) is 15.3. The van der Waals surface area contributed by atoms with Crippen LogP contribution in [0.3, 0.4) is 0 Å². The highest BCUT2D eigenvalue weighted by Crippen LogP contribution is 2.23. The van der Waals surface area contributed by atoms with Gasteiger partial charge in [-0.2, -0.15) is 0 Å². The molecule has 5 nitrogen and oxygen atoms in total. The summed E-state index contributed by atoms with van der Waals surface area (Å²) >= 11 is 4.94. The number of aliphatic hydroxyl groups is 1. The molecule has 1 rings (SSSR count). The average molecular weight is 274 g/mol. The van der Waals surface area contributed by atoms with Crippen molar-refractivity contribution in [2.75, 3.05) is 26.3 Å². The van der Waals surface area contributed by atoms with Gasteiger partial charge in [0.05, 0.1) is 29.7 Å². The van der Waals surface area contributed by atoms with Crippen LogP contribution >= 0.6 is 12.2 Å². The van der Waals surface area contributed by atoms with E-state index in [0.717, 1.165) is 12.8 Å². The molecule has 1 aliphatic heterocycles. The molecule has 1 heterocycles. The number of nitrogens with zero attached hydrogens (tertiary/aromatic N) is 1. The van der Waals surface area contributed by atoms with E-state index in [1.165, 1.54) is 0 Å². The lowest BCUT2D eigenvalue weighted by atomic mass is 9.90. The molecule has 0 aromatic heterocycles. The predicted octanol–water partition coefficient (Wildman–Crippen LogP) is 0.299. The Hall–Kier alpha value is -0.720. The van der Waals surface area contributed by atoms with Gasteiger partial charge in [-0.05, 0) is 26.7 Å². The topological polar surface area (TPSA) is 75.8 Å². The van der Waals surface area contributed by atoms with Crippen molar-refractivity contribution in [2.45, 2.75) is 32.8 Å². The van der Waals surface area contributed by atoms with Crippen LogP contribution in [0.4, 0.5) is 0 Å². The van der Waals surface area contributed by atoms with Crippen molar-refractivity contribution < 1.29 is 14.6 Å². The fourth-order valence-electron chi connectivity index (χ4n) is 1.95. The number of rotatable bonds is 5. The lowest BCUT2D eigenvalue weighted by Crippen LogP contribution is -2.50. The van der Waals surface area contributed by atoms with Gasteiger partial charge in [0.2, 0.25) is 5.91 Å². The zero-order chi connectivity index (χ0) is 13.8. The maximum Gasteiger partial charge on any atom is 0.235 e. The third-order valence-corrected chi connectivity index (χ3v) is 3.84. The summed E-state index contributed by atoms with van der Waals surface area (Å²) in [6.45, 7) is 5.21. The van der Waals surface area contributed by atoms with Gasteiger partial charge >= 0.3 is 0 Å². The predicted molar refractivity (Wildman–Crippen MR) is 73.2 cm³/mol. The standard InChI is InChI=1S/C12H22N2O3S/c1-12(2,10(13)18)11(16)14-5-3-9(4-6-14)17-8-7-15/h9,15H,3-8H2,1-2H3,(H2,13,18). The molecule has 1 fully saturated rings. The van der Waals surface area contributed by atoms with Crippen molar-refractivity contribution in [1.29, 1.82) is 0 Å². The Bertz CT molecular complexity index is 312. The fourth-order valence-corrected chi connectivity index (χ4v) is 2.03. The van der Waals surface area contributed by atoms with E-state index in [0.29, 0.717) is 19.7 Å². The van der Waals surface area contributed by atoms with Crippen LogP contribution in [0.1, 0.15) is 26.7 Å². The van der Waals surface area contributed by atoms with Crippen molar-refractivity contribution >= 4 is 23.1 Å². The highest BCUT2D eigenvalue weighted by atomic mass is 32.1. The summed E-state index contributed by atoms with van der Waals surface area (Å²) in [7, 11) is 0. The quantitative estimate of drug-likeness (QED) is 0.705. The van der Waals surface area contributed by atoms with Crippen molar-refractivity contribution in [3.8, 4) is 0 Å². The van der Waals surface area contributed by atoms with Crippen LogP contribution in [0, 0.1) is 5.41 Å². The molecular formula is C12H22N2O3S. The molecule has 18 heavy (non-hydrogen) atoms. The number of nitrogens with two attached hydrogens (primary N) is 1. The molecular weight excluding hydrogens is 252 g/mol. The van der Waals surface area contributed by atoms with Gasteiger partial charge in [-0.3, -0.25) is 4.79 Å². The zero-order valence-corrected chi connectivity index (χ0v) is 11.8. The number of amides is 1. The molecule has 0 radical (unpaired) electrons. The SMILES string of the molecule is CC(C)(C(=O)N1CCC(OCCO)CC1)C(N)=S. The first-order valence-corrected chi connectivity index (χ1v) is 6.62. The molecule has 104 valence electrons. The molecule has 0 aromatic carbocycles. The molecule has 1 aliphatic rings. The Kier molecular flexibility index (Phi) is 5.49. The molecule has 0 aliphatic carbocycles. The summed E-state index contributed by atoms with van der Waals surface area (Å²) in [6.07, 6.45) is 1.72. The van der Waals surface area contributed by atoms with E-state index in [4.69, 9.17) is 27.8 Å². The van der Waals surface area contributed by atoms with Gasteiger partial charge in [0.25, 0.3) is 0 Å². The highest BCUT2D eigenvalue weighted by molar-refractivity contribution is 7.80. The first-order valence-electron chi connectivity index (χ1n) is 6.21. The van der Waals surface area contributed by atoms with Crippen LogP contribution in [-0.4, -0.2) is 53.3 Å². The second kappa shape index (κ2) is 6.45. The summed E-state index contributed by atoms with van der Waals surface area (Å²) in [4.78, 5) is 14.3. The average Bonchev–Trinajstić information content (AvgIpc) is 2.35. The number of hydrogen-bond acceptors (Lipinski definition) is 4. The molecule has 0 spiro atoms. The fraction of sp³-hybridized carbons (Fsp3) is 0.833. The van der Waals surface area contributed by atoms with Crippen molar-refractivity contribution in [3.05, 3.63) is 0 Å². The van der Waals surface area contributed by atoms with E-state index in [1.807, 2.05) is 0 Å². The minimum absolute atomic E-state index is 0.0180. The number of aliphatic hydroxyl groups excluding tert-OH is 1. The highest BCUT2D eigenvalue weighted by Gasteiger charge is 2.36. The molecule has 0 aromatic rings. The van der Waals surface area contributed by atoms with Gasteiger partial charge in [-0.15, -0.1) is 0 Å². The summed E-state index contributed by atoms with van der Waals surface area (Å²) in [5.41, 5.74) is 4.82. The number of likely N-dealkylation sites (tertiary alicyclic amines) is 1. The molecule has 0 bridgehead atoms. The van der Waals surface area contributed by atoms with Crippen LogP contribution in [0.2, 0.25) is 0 Å². The van der Waals surface area contributed by atoms with E-state index in [1.54, 1.807) is 18.7 Å². The number of thiocarbonyl (C=S) groups is 1. The van der Waals surface area contributed by atoms with Crippen molar-refractivity contribution in [3.63, 3.8) is 0 Å². The smallest absolute Gasteiger partial charge is 0.235 e. The van der Waals surface area contributed by atoms with E-state index in [2.05, 4.69) is 0 Å². The summed E-state index contributed by atoms with van der Waals surface area (Å²) in [5.74, 6) is -0.0180. The summed E-state index contributed by atoms with van der Waals surface area (Å²) < 4.78 is 5.45. The molecule has 0 atom stereocenters. The Morgan fingerprint density at radius 1 is 1.50 bits per heavy atom. The monoisotopic (exact) mass is 274 g/mol. The number of ether oxygens (including phenoxy) is 1. The first-order chi connectivity index (χ1) is 8.39. The number of carbonyl (C=O) groups is 1. The van der Waals surface area contributed by atoms with E-state index < -0.39 is 5.41 Å². The third-order valence-electron chi connectivity index (χ3n) is 3.32. The Morgan fingerprint density at radius 2 is 2.06 bits per heavy atom. The van der Waals surface area contributed by atoms with E-state index in [9.17, 15) is 4.79 Å². The van der Waals surface area contributed by atoms with Gasteiger partial charge in [0.1, 0.15) is 0 Å². The summed E-state index contributed by atoms with van der Waals surface area (Å²) in [5, 5.41) is 8.69. The van der Waals surface area contributed by atoms with Crippen LogP contribution < -0.4 is 5.73 Å². The van der Waals surface area contributed by atoms with Gasteiger partial charge in [0, 0.05) is 13.1 Å². The van der Waals surface area contributed by atoms with Crippen LogP contribution in [0.25, 0.3) is 0 Å². The molecule has 1 saturated heterocycles. The molecule has 0 unspecified atom stereocenters. The number of hydrogen-bond donors (Lipinski definition) is 2. The van der Waals surface area contributed by atoms with Gasteiger partial charge in [-0.25, -0.2) is 0 Å². The van der Waals surface area contributed by atoms with E-state index >= 15 is 0 Å². The lowest BCUT2D eigenvalue weighted by Gasteiger charge is -2.36. The van der Waals surface area contributed by atoms with Crippen LogP contribution in [0.5, 0.6) is 0 Å². The maximum absolute atomic E-state index is 12.3. The normalized spacial score (nSPS) is 17.8. The Labute approximate surface area is 113 Å². The number of carbonyl (C=O) groups excluding carboxylic acids is 1. The molecule has 0 saturated carbocycles. The second-order valence-electron chi connectivity index (χ2n) is 5.08. The van der Waals surface area contributed by atoms with Crippen LogP contribution in [-0.2, 0) is 9.53 Å². The largest absolute Gasteiger partial charge is 0.394 e.